The molecular weight excluding hydrogens is 356 g/mol. The predicted octanol–water partition coefficient (Wildman–Crippen LogP) is 6.25. The molecule has 3 heteroatoms. The zero-order valence-corrected chi connectivity index (χ0v) is 15.5. The lowest BCUT2D eigenvalue weighted by atomic mass is 9.96. The van der Waals surface area contributed by atoms with Gasteiger partial charge >= 0.3 is 0 Å². The van der Waals surface area contributed by atoms with E-state index in [1.54, 1.807) is 0 Å². The van der Waals surface area contributed by atoms with Crippen molar-refractivity contribution in [3.8, 4) is 0 Å². The lowest BCUT2D eigenvalue weighted by molar-refractivity contribution is 0.104. The quantitative estimate of drug-likeness (QED) is 0.288. The van der Waals surface area contributed by atoms with Gasteiger partial charge in [0.1, 0.15) is 0 Å². The van der Waals surface area contributed by atoms with Crippen LogP contribution in [0.5, 0.6) is 0 Å². The fraction of sp³-hybridized carbons (Fsp3) is 0. The highest BCUT2D eigenvalue weighted by molar-refractivity contribution is 6.27. The van der Waals surface area contributed by atoms with Crippen LogP contribution in [0.1, 0.15) is 15.9 Å². The molecule has 6 rings (SSSR count). The summed E-state index contributed by atoms with van der Waals surface area (Å²) in [6.45, 7) is 0. The molecule has 0 aliphatic carbocycles. The van der Waals surface area contributed by atoms with E-state index < -0.39 is 0 Å². The Morgan fingerprint density at radius 1 is 0.724 bits per heavy atom. The molecule has 3 nitrogen and oxygen atoms in total. The average Bonchev–Trinajstić information content (AvgIpc) is 3.14. The van der Waals surface area contributed by atoms with Crippen molar-refractivity contribution in [3.63, 3.8) is 0 Å². The third-order valence-corrected chi connectivity index (χ3v) is 5.55. The Morgan fingerprint density at radius 2 is 1.48 bits per heavy atom. The Balaban J connectivity index is 1.82. The topological polar surface area (TPSA) is 45.8 Å². The summed E-state index contributed by atoms with van der Waals surface area (Å²) in [7, 11) is 0. The van der Waals surface area contributed by atoms with E-state index in [1.165, 1.54) is 0 Å². The van der Waals surface area contributed by atoms with Crippen LogP contribution in [0.15, 0.2) is 91.0 Å². The van der Waals surface area contributed by atoms with Crippen LogP contribution in [0.25, 0.3) is 43.6 Å². The summed E-state index contributed by atoms with van der Waals surface area (Å²) in [4.78, 5) is 22.0. The number of para-hydroxylation sites is 2. The number of nitrogens with zero attached hydrogens (tertiary/aromatic N) is 1. The Bertz CT molecular complexity index is 1560. The summed E-state index contributed by atoms with van der Waals surface area (Å²) in [5.74, 6) is -0.0180. The van der Waals surface area contributed by atoms with E-state index in [9.17, 15) is 4.79 Å². The van der Waals surface area contributed by atoms with Crippen molar-refractivity contribution < 1.29 is 4.79 Å². The second kappa shape index (κ2) is 6.01. The van der Waals surface area contributed by atoms with Crippen molar-refractivity contribution in [1.82, 2.24) is 9.97 Å². The average molecular weight is 372 g/mol. The van der Waals surface area contributed by atoms with Crippen LogP contribution in [-0.4, -0.2) is 15.8 Å². The van der Waals surface area contributed by atoms with Crippen molar-refractivity contribution in [1.29, 1.82) is 0 Å². The molecule has 29 heavy (non-hydrogen) atoms. The van der Waals surface area contributed by atoms with Gasteiger partial charge in [-0.2, -0.15) is 0 Å². The first kappa shape index (κ1) is 16.0. The largest absolute Gasteiger partial charge is 0.354 e. The van der Waals surface area contributed by atoms with E-state index in [1.807, 2.05) is 66.7 Å². The molecule has 0 amide bonds. The number of ketones is 1. The molecule has 0 spiro atoms. The molecule has 2 aromatic heterocycles. The Morgan fingerprint density at radius 3 is 2.38 bits per heavy atom. The Labute approximate surface area is 166 Å². The summed E-state index contributed by atoms with van der Waals surface area (Å²) in [5.41, 5.74) is 4.77. The van der Waals surface area contributed by atoms with E-state index in [0.717, 1.165) is 43.6 Å². The molecule has 0 radical (unpaired) electrons. The summed E-state index contributed by atoms with van der Waals surface area (Å²) in [6, 6.07) is 29.9. The van der Waals surface area contributed by atoms with E-state index in [-0.39, 0.29) is 5.78 Å². The van der Waals surface area contributed by atoms with Gasteiger partial charge in [0.2, 0.25) is 0 Å². The first-order valence-corrected chi connectivity index (χ1v) is 9.62. The standard InChI is InChI=1S/C26H16N2O/c29-26(16-8-2-1-3-9-16)23-24-18(14-17-10-4-6-12-21(17)27-24)15-20-19-11-5-7-13-22(19)28-25(20)23/h1-15,28H. The van der Waals surface area contributed by atoms with Crippen molar-refractivity contribution >= 4 is 49.4 Å². The number of pyridine rings is 1. The molecule has 0 aliphatic rings. The Hall–Kier alpha value is -3.98. The molecule has 4 aromatic carbocycles. The monoisotopic (exact) mass is 372 g/mol. The molecule has 0 saturated heterocycles. The normalized spacial score (nSPS) is 11.6. The zero-order chi connectivity index (χ0) is 19.4. The van der Waals surface area contributed by atoms with Crippen molar-refractivity contribution in [2.75, 3.05) is 0 Å². The third-order valence-electron chi connectivity index (χ3n) is 5.55. The minimum atomic E-state index is -0.0180. The number of benzene rings is 4. The highest BCUT2D eigenvalue weighted by Gasteiger charge is 2.21. The minimum absolute atomic E-state index is 0.0180. The van der Waals surface area contributed by atoms with Gasteiger partial charge in [-0.3, -0.25) is 4.79 Å². The lowest BCUT2D eigenvalue weighted by Crippen LogP contribution is -2.04. The van der Waals surface area contributed by atoms with Gasteiger partial charge in [0, 0.05) is 32.6 Å². The number of carbonyl (C=O) groups excluding carboxylic acids is 1. The van der Waals surface area contributed by atoms with E-state index in [2.05, 4.69) is 29.2 Å². The van der Waals surface area contributed by atoms with Gasteiger partial charge < -0.3 is 4.98 Å². The number of rotatable bonds is 2. The number of aromatic amines is 1. The van der Waals surface area contributed by atoms with Crippen LogP contribution >= 0.6 is 0 Å². The van der Waals surface area contributed by atoms with Crippen LogP contribution in [0.2, 0.25) is 0 Å². The molecule has 0 aliphatic heterocycles. The van der Waals surface area contributed by atoms with Crippen molar-refractivity contribution in [2.24, 2.45) is 0 Å². The van der Waals surface area contributed by atoms with Gasteiger partial charge in [0.05, 0.1) is 22.1 Å². The van der Waals surface area contributed by atoms with Gasteiger partial charge in [-0.15, -0.1) is 0 Å². The maximum Gasteiger partial charge on any atom is 0.197 e. The Kier molecular flexibility index (Phi) is 3.32. The molecule has 0 fully saturated rings. The van der Waals surface area contributed by atoms with Crippen molar-refractivity contribution in [3.05, 3.63) is 102 Å². The molecule has 0 bridgehead atoms. The second-order valence-electron chi connectivity index (χ2n) is 7.29. The molecule has 2 heterocycles. The fourth-order valence-corrected chi connectivity index (χ4v) is 4.18. The van der Waals surface area contributed by atoms with Gasteiger partial charge in [-0.05, 0) is 24.3 Å². The highest BCUT2D eigenvalue weighted by atomic mass is 16.1. The number of fused-ring (bicyclic) bond motifs is 5. The van der Waals surface area contributed by atoms with Crippen LogP contribution < -0.4 is 0 Å². The maximum absolute atomic E-state index is 13.6. The SMILES string of the molecule is O=C(c1ccccc1)c1c2nc3ccccc3cc2cc2c1[nH]c1ccccc12. The summed E-state index contributed by atoms with van der Waals surface area (Å²) >= 11 is 0. The number of hydrogen-bond acceptors (Lipinski definition) is 2. The summed E-state index contributed by atoms with van der Waals surface area (Å²) in [5, 5.41) is 4.20. The molecule has 0 saturated carbocycles. The lowest BCUT2D eigenvalue weighted by Gasteiger charge is -2.09. The number of aromatic nitrogens is 2. The number of carbonyl (C=O) groups is 1. The third kappa shape index (κ3) is 2.38. The predicted molar refractivity (Wildman–Crippen MR) is 118 cm³/mol. The maximum atomic E-state index is 13.6. The van der Waals surface area contributed by atoms with Gasteiger partial charge in [-0.1, -0.05) is 66.7 Å². The second-order valence-corrected chi connectivity index (χ2v) is 7.29. The van der Waals surface area contributed by atoms with Crippen LogP contribution in [-0.2, 0) is 0 Å². The highest BCUT2D eigenvalue weighted by Crippen LogP contribution is 2.35. The van der Waals surface area contributed by atoms with Gasteiger partial charge in [0.25, 0.3) is 0 Å². The molecule has 0 atom stereocenters. The van der Waals surface area contributed by atoms with E-state index in [0.29, 0.717) is 11.1 Å². The molecule has 0 unspecified atom stereocenters. The van der Waals surface area contributed by atoms with E-state index in [4.69, 9.17) is 4.98 Å². The van der Waals surface area contributed by atoms with Gasteiger partial charge in [-0.25, -0.2) is 4.98 Å². The van der Waals surface area contributed by atoms with Crippen molar-refractivity contribution in [2.45, 2.75) is 0 Å². The molecule has 1 N–H and O–H groups in total. The molecule has 136 valence electrons. The molecule has 6 aromatic rings. The smallest absolute Gasteiger partial charge is 0.197 e. The summed E-state index contributed by atoms with van der Waals surface area (Å²) in [6.07, 6.45) is 0. The number of H-pyrrole nitrogens is 1. The first-order chi connectivity index (χ1) is 14.3. The van der Waals surface area contributed by atoms with Gasteiger partial charge in [0.15, 0.2) is 5.78 Å². The zero-order valence-electron chi connectivity index (χ0n) is 15.5. The van der Waals surface area contributed by atoms with Crippen LogP contribution in [0.4, 0.5) is 0 Å². The van der Waals surface area contributed by atoms with Crippen LogP contribution in [0.3, 0.4) is 0 Å². The van der Waals surface area contributed by atoms with E-state index >= 15 is 0 Å². The van der Waals surface area contributed by atoms with Crippen LogP contribution in [0, 0.1) is 0 Å². The minimum Gasteiger partial charge on any atom is -0.354 e. The number of nitrogens with one attached hydrogen (secondary N) is 1. The molecular formula is C26H16N2O. The number of hydrogen-bond donors (Lipinski definition) is 1. The fourth-order valence-electron chi connectivity index (χ4n) is 4.18. The first-order valence-electron chi connectivity index (χ1n) is 9.62. The summed E-state index contributed by atoms with van der Waals surface area (Å²) < 4.78 is 0.